The second-order valence-corrected chi connectivity index (χ2v) is 5.59. The fraction of sp³-hybridized carbons (Fsp3) is 0.643. The van der Waals surface area contributed by atoms with Gasteiger partial charge in [-0.25, -0.2) is 4.98 Å². The van der Waals surface area contributed by atoms with Crippen LogP contribution in [-0.4, -0.2) is 22.5 Å². The monoisotopic (exact) mass is 252 g/mol. The number of hydrogen-bond acceptors (Lipinski definition) is 2. The lowest BCUT2D eigenvalue weighted by Crippen LogP contribution is -2.38. The van der Waals surface area contributed by atoms with Crippen molar-refractivity contribution in [3.63, 3.8) is 0 Å². The minimum atomic E-state index is 0.522. The normalized spacial score (nSPS) is 22.1. The van der Waals surface area contributed by atoms with Crippen LogP contribution in [0.1, 0.15) is 50.3 Å². The molecule has 1 saturated heterocycles. The molecular formula is C14H21ClN2. The molecule has 0 spiro atoms. The third kappa shape index (κ3) is 2.80. The third-order valence-electron chi connectivity index (χ3n) is 3.68. The fourth-order valence-corrected chi connectivity index (χ4v) is 3.00. The lowest BCUT2D eigenvalue weighted by atomic mass is 9.92. The summed E-state index contributed by atoms with van der Waals surface area (Å²) in [5.41, 5.74) is 2.62. The Balaban J connectivity index is 2.29. The summed E-state index contributed by atoms with van der Waals surface area (Å²) in [4.78, 5) is 6.83. The van der Waals surface area contributed by atoms with Gasteiger partial charge in [0.1, 0.15) is 5.15 Å². The van der Waals surface area contributed by atoms with Crippen molar-refractivity contribution >= 4 is 11.6 Å². The molecule has 94 valence electrons. The van der Waals surface area contributed by atoms with Crippen LogP contribution >= 0.6 is 11.6 Å². The Morgan fingerprint density at radius 2 is 2.18 bits per heavy atom. The van der Waals surface area contributed by atoms with Crippen molar-refractivity contribution < 1.29 is 0 Å². The van der Waals surface area contributed by atoms with Gasteiger partial charge in [-0.2, -0.15) is 0 Å². The van der Waals surface area contributed by atoms with Gasteiger partial charge in [0, 0.05) is 18.3 Å². The molecule has 0 radical (unpaired) electrons. The number of aryl methyl sites for hydroxylation is 1. The Labute approximate surface area is 109 Å². The number of likely N-dealkylation sites (tertiary alicyclic amines) is 1. The van der Waals surface area contributed by atoms with Gasteiger partial charge < -0.3 is 0 Å². The van der Waals surface area contributed by atoms with E-state index in [1.54, 1.807) is 0 Å². The maximum Gasteiger partial charge on any atom is 0.129 e. The smallest absolute Gasteiger partial charge is 0.129 e. The summed E-state index contributed by atoms with van der Waals surface area (Å²) < 4.78 is 0. The van der Waals surface area contributed by atoms with E-state index in [1.165, 1.54) is 36.9 Å². The number of piperidine rings is 1. The maximum absolute atomic E-state index is 5.93. The summed E-state index contributed by atoms with van der Waals surface area (Å²) in [5.74, 6) is 0. The van der Waals surface area contributed by atoms with Gasteiger partial charge in [0.2, 0.25) is 0 Å². The van der Waals surface area contributed by atoms with Crippen LogP contribution in [0.3, 0.4) is 0 Å². The average Bonchev–Trinajstić information content (AvgIpc) is 2.29. The Morgan fingerprint density at radius 1 is 1.41 bits per heavy atom. The second-order valence-electron chi connectivity index (χ2n) is 5.21. The SMILES string of the molecule is Cc1cc(Cl)ncc1[C@H]1CCCCN1C(C)C. The summed E-state index contributed by atoms with van der Waals surface area (Å²) in [7, 11) is 0. The first kappa shape index (κ1) is 12.8. The minimum Gasteiger partial charge on any atom is -0.294 e. The van der Waals surface area contributed by atoms with Gasteiger partial charge in [0.15, 0.2) is 0 Å². The molecule has 0 unspecified atom stereocenters. The summed E-state index contributed by atoms with van der Waals surface area (Å²) in [6.45, 7) is 7.88. The van der Waals surface area contributed by atoms with E-state index in [9.17, 15) is 0 Å². The second kappa shape index (κ2) is 5.36. The molecule has 0 aliphatic carbocycles. The van der Waals surface area contributed by atoms with Crippen LogP contribution in [0.25, 0.3) is 0 Å². The molecule has 1 aliphatic rings. The molecule has 2 rings (SSSR count). The van der Waals surface area contributed by atoms with Gasteiger partial charge in [0.05, 0.1) is 0 Å². The predicted molar refractivity (Wildman–Crippen MR) is 72.4 cm³/mol. The van der Waals surface area contributed by atoms with Crippen LogP contribution in [0.2, 0.25) is 5.15 Å². The Kier molecular flexibility index (Phi) is 4.05. The zero-order valence-corrected chi connectivity index (χ0v) is 11.7. The lowest BCUT2D eigenvalue weighted by molar-refractivity contribution is 0.111. The van der Waals surface area contributed by atoms with Crippen LogP contribution in [0, 0.1) is 6.92 Å². The van der Waals surface area contributed by atoms with Crippen LogP contribution in [0.4, 0.5) is 0 Å². The molecule has 1 aromatic heterocycles. The maximum atomic E-state index is 5.93. The highest BCUT2D eigenvalue weighted by Crippen LogP contribution is 2.34. The van der Waals surface area contributed by atoms with Crippen LogP contribution < -0.4 is 0 Å². The van der Waals surface area contributed by atoms with Gasteiger partial charge in [-0.05, 0) is 57.4 Å². The van der Waals surface area contributed by atoms with Gasteiger partial charge in [0.25, 0.3) is 0 Å². The Bertz CT molecular complexity index is 390. The van der Waals surface area contributed by atoms with Crippen molar-refractivity contribution in [1.29, 1.82) is 0 Å². The molecule has 1 aromatic rings. The summed E-state index contributed by atoms with van der Waals surface area (Å²) in [6.07, 6.45) is 5.83. The first-order valence-electron chi connectivity index (χ1n) is 6.47. The van der Waals surface area contributed by atoms with Gasteiger partial charge in [-0.15, -0.1) is 0 Å². The average molecular weight is 253 g/mol. The van der Waals surface area contributed by atoms with Crippen LogP contribution in [-0.2, 0) is 0 Å². The van der Waals surface area contributed by atoms with E-state index >= 15 is 0 Å². The molecule has 2 heterocycles. The Morgan fingerprint density at radius 3 is 2.82 bits per heavy atom. The fourth-order valence-electron chi connectivity index (χ4n) is 2.79. The lowest BCUT2D eigenvalue weighted by Gasteiger charge is -2.39. The summed E-state index contributed by atoms with van der Waals surface area (Å²) in [5, 5.41) is 0.596. The highest BCUT2D eigenvalue weighted by molar-refractivity contribution is 6.29. The highest BCUT2D eigenvalue weighted by atomic mass is 35.5. The van der Waals surface area contributed by atoms with Crippen molar-refractivity contribution in [1.82, 2.24) is 9.88 Å². The summed E-state index contributed by atoms with van der Waals surface area (Å²) >= 11 is 5.93. The molecule has 0 bridgehead atoms. The highest BCUT2D eigenvalue weighted by Gasteiger charge is 2.27. The van der Waals surface area contributed by atoms with E-state index in [4.69, 9.17) is 11.6 Å². The van der Waals surface area contributed by atoms with Crippen molar-refractivity contribution in [2.24, 2.45) is 0 Å². The third-order valence-corrected chi connectivity index (χ3v) is 3.89. The quantitative estimate of drug-likeness (QED) is 0.741. The van der Waals surface area contributed by atoms with E-state index in [0.717, 1.165) is 0 Å². The van der Waals surface area contributed by atoms with E-state index in [-0.39, 0.29) is 0 Å². The van der Waals surface area contributed by atoms with E-state index in [1.807, 2.05) is 12.3 Å². The molecule has 17 heavy (non-hydrogen) atoms. The van der Waals surface area contributed by atoms with Gasteiger partial charge in [-0.1, -0.05) is 18.0 Å². The number of rotatable bonds is 2. The topological polar surface area (TPSA) is 16.1 Å². The standard InChI is InChI=1S/C14H21ClN2/c1-10(2)17-7-5-4-6-13(17)12-9-16-14(15)8-11(12)3/h8-10,13H,4-7H2,1-3H3/t13-/m1/s1. The van der Waals surface area contributed by atoms with Crippen molar-refractivity contribution in [3.05, 3.63) is 28.5 Å². The molecule has 2 nitrogen and oxygen atoms in total. The molecule has 1 aliphatic heterocycles. The van der Waals surface area contributed by atoms with E-state index < -0.39 is 0 Å². The molecule has 1 fully saturated rings. The first-order chi connectivity index (χ1) is 8.09. The molecule has 3 heteroatoms. The minimum absolute atomic E-state index is 0.522. The number of aromatic nitrogens is 1. The predicted octanol–water partition coefficient (Wildman–Crippen LogP) is 3.98. The number of hydrogen-bond donors (Lipinski definition) is 0. The van der Waals surface area contributed by atoms with Gasteiger partial charge >= 0.3 is 0 Å². The molecule has 0 saturated carbocycles. The van der Waals surface area contributed by atoms with Crippen LogP contribution in [0.15, 0.2) is 12.3 Å². The first-order valence-corrected chi connectivity index (χ1v) is 6.85. The van der Waals surface area contributed by atoms with E-state index in [0.29, 0.717) is 17.2 Å². The molecule has 0 aromatic carbocycles. The number of pyridine rings is 1. The van der Waals surface area contributed by atoms with Crippen molar-refractivity contribution in [2.75, 3.05) is 6.54 Å². The molecular weight excluding hydrogens is 232 g/mol. The summed E-state index contributed by atoms with van der Waals surface area (Å²) in [6, 6.07) is 3.09. The van der Waals surface area contributed by atoms with Crippen molar-refractivity contribution in [2.45, 2.75) is 52.1 Å². The largest absolute Gasteiger partial charge is 0.294 e. The zero-order valence-electron chi connectivity index (χ0n) is 10.9. The zero-order chi connectivity index (χ0) is 12.4. The van der Waals surface area contributed by atoms with Crippen LogP contribution in [0.5, 0.6) is 0 Å². The Hall–Kier alpha value is -0.600. The van der Waals surface area contributed by atoms with Crippen molar-refractivity contribution in [3.8, 4) is 0 Å². The number of nitrogens with zero attached hydrogens (tertiary/aromatic N) is 2. The van der Waals surface area contributed by atoms with Gasteiger partial charge in [-0.3, -0.25) is 4.90 Å². The molecule has 0 N–H and O–H groups in total. The molecule has 1 atom stereocenters. The van der Waals surface area contributed by atoms with E-state index in [2.05, 4.69) is 30.7 Å². The molecule has 0 amide bonds. The number of halogens is 1.